The largest absolute Gasteiger partial charge is 0.394 e. The van der Waals surface area contributed by atoms with Crippen molar-refractivity contribution < 1.29 is 19.8 Å². The molecule has 0 aliphatic rings. The number of anilines is 2. The van der Waals surface area contributed by atoms with E-state index >= 15 is 0 Å². The van der Waals surface area contributed by atoms with E-state index in [0.29, 0.717) is 32.4 Å². The lowest BCUT2D eigenvalue weighted by molar-refractivity contribution is -0.121. The summed E-state index contributed by atoms with van der Waals surface area (Å²) in [6.07, 6.45) is 10.3. The monoisotopic (exact) mass is 751 g/mol. The van der Waals surface area contributed by atoms with E-state index in [9.17, 15) is 14.7 Å². The number of aryl methyl sites for hydroxylation is 2. The summed E-state index contributed by atoms with van der Waals surface area (Å²) in [5.41, 5.74) is 15.6. The lowest BCUT2D eigenvalue weighted by atomic mass is 9.99. The Morgan fingerprint density at radius 1 is 0.811 bits per heavy atom. The third-order valence-electron chi connectivity index (χ3n) is 8.98. The Balaban J connectivity index is 1.32. The minimum absolute atomic E-state index is 0.0588. The molecule has 0 aliphatic carbocycles. The number of aliphatic hydroxyl groups excluding tert-OH is 2. The number of nitrogen functional groups attached to an aromatic ring is 2. The van der Waals surface area contributed by atoms with Gasteiger partial charge in [0.2, 0.25) is 5.91 Å². The van der Waals surface area contributed by atoms with Crippen LogP contribution in [0, 0.1) is 5.41 Å². The first-order valence-corrected chi connectivity index (χ1v) is 19.2. The number of carbonyl (C=O) groups excluding carboxylic acids is 2. The number of guanidine groups is 1. The molecule has 0 aliphatic heterocycles. The van der Waals surface area contributed by atoms with E-state index in [-0.39, 0.29) is 41.0 Å². The van der Waals surface area contributed by atoms with E-state index < -0.39 is 12.0 Å². The number of benzene rings is 2. The number of aromatic nitrogens is 2. The van der Waals surface area contributed by atoms with Gasteiger partial charge < -0.3 is 37.2 Å². The van der Waals surface area contributed by atoms with Crippen molar-refractivity contribution in [3.8, 4) is 11.1 Å². The lowest BCUT2D eigenvalue weighted by Crippen LogP contribution is -2.41. The molecule has 0 radical (unpaired) electrons. The number of nitrogens with zero attached hydrogens (tertiary/aromatic N) is 3. The van der Waals surface area contributed by atoms with E-state index in [4.69, 9.17) is 33.6 Å². The zero-order valence-electron chi connectivity index (χ0n) is 31.0. The van der Waals surface area contributed by atoms with Crippen LogP contribution in [0.1, 0.15) is 92.7 Å². The van der Waals surface area contributed by atoms with Crippen LogP contribution in [0.25, 0.3) is 11.1 Å². The average molecular weight is 752 g/mol. The number of nitrogens with one attached hydrogen (secondary N) is 4. The molecule has 1 unspecified atom stereocenters. The van der Waals surface area contributed by atoms with Crippen molar-refractivity contribution >= 4 is 41.0 Å². The van der Waals surface area contributed by atoms with Gasteiger partial charge in [-0.05, 0) is 86.7 Å². The molecule has 1 atom stereocenters. The minimum atomic E-state index is -0.698. The summed E-state index contributed by atoms with van der Waals surface area (Å²) < 4.78 is 0. The number of amides is 2. The maximum Gasteiger partial charge on any atom is 0.280 e. The molecule has 0 saturated heterocycles. The second kappa shape index (κ2) is 24.1. The standard InChI is InChI=1S/C39H58ClN9O4/c1-2-3-4-8-24-49(25-9-6-11-32(51)27-50)26-23-44-33(52)21-16-29-14-19-31(20-15-29)30-17-12-28(13-18-30)10-5-7-22-45-39(43)48-38(53)34-36(41)47-37(42)35(40)46-34/h12-15,17-20,32,50-51H,2-11,16,21-27H2,1H3,(H,44,52)(H4,41,42,47)(H3,43,45,48,53). The number of rotatable bonds is 24. The van der Waals surface area contributed by atoms with Crippen LogP contribution < -0.4 is 27.4 Å². The van der Waals surface area contributed by atoms with Crippen molar-refractivity contribution in [2.24, 2.45) is 0 Å². The molecule has 1 heterocycles. The van der Waals surface area contributed by atoms with Crippen molar-refractivity contribution in [1.82, 2.24) is 30.8 Å². The van der Waals surface area contributed by atoms with Crippen molar-refractivity contribution in [3.05, 3.63) is 70.5 Å². The number of hydrogen-bond acceptors (Lipinski definition) is 10. The van der Waals surface area contributed by atoms with E-state index in [0.717, 1.165) is 74.8 Å². The zero-order chi connectivity index (χ0) is 38.4. The van der Waals surface area contributed by atoms with Gasteiger partial charge in [0.05, 0.1) is 12.7 Å². The van der Waals surface area contributed by atoms with Gasteiger partial charge in [0.1, 0.15) is 0 Å². The van der Waals surface area contributed by atoms with Crippen LogP contribution in [0.2, 0.25) is 5.15 Å². The molecule has 0 spiro atoms. The summed E-state index contributed by atoms with van der Waals surface area (Å²) in [7, 11) is 0. The normalized spacial score (nSPS) is 11.7. The van der Waals surface area contributed by atoms with E-state index in [1.165, 1.54) is 24.8 Å². The third-order valence-corrected chi connectivity index (χ3v) is 9.26. The van der Waals surface area contributed by atoms with E-state index in [1.54, 1.807) is 0 Å². The van der Waals surface area contributed by atoms with Crippen LogP contribution in [0.15, 0.2) is 48.5 Å². The van der Waals surface area contributed by atoms with Gasteiger partial charge in [-0.1, -0.05) is 86.3 Å². The first-order chi connectivity index (χ1) is 25.6. The molecule has 0 fully saturated rings. The fourth-order valence-corrected chi connectivity index (χ4v) is 5.95. The smallest absolute Gasteiger partial charge is 0.280 e. The predicted octanol–water partition coefficient (Wildman–Crippen LogP) is 4.69. The Morgan fingerprint density at radius 2 is 1.45 bits per heavy atom. The van der Waals surface area contributed by atoms with Crippen LogP contribution in [0.5, 0.6) is 0 Å². The molecule has 13 nitrogen and oxygen atoms in total. The van der Waals surface area contributed by atoms with Gasteiger partial charge in [-0.15, -0.1) is 0 Å². The average Bonchev–Trinajstić information content (AvgIpc) is 3.15. The molecule has 14 heteroatoms. The number of nitrogens with two attached hydrogens (primary N) is 2. The molecule has 10 N–H and O–H groups in total. The maximum absolute atomic E-state index is 12.6. The van der Waals surface area contributed by atoms with Crippen molar-refractivity contribution in [2.45, 2.75) is 90.1 Å². The van der Waals surface area contributed by atoms with Gasteiger partial charge in [-0.25, -0.2) is 9.97 Å². The summed E-state index contributed by atoms with van der Waals surface area (Å²) in [5, 5.41) is 34.8. The van der Waals surface area contributed by atoms with Gasteiger partial charge in [0, 0.05) is 26.1 Å². The van der Waals surface area contributed by atoms with Crippen molar-refractivity contribution in [1.29, 1.82) is 5.41 Å². The number of hydrogen-bond donors (Lipinski definition) is 8. The van der Waals surface area contributed by atoms with E-state index in [1.807, 2.05) is 0 Å². The Labute approximate surface area is 318 Å². The highest BCUT2D eigenvalue weighted by Crippen LogP contribution is 2.22. The van der Waals surface area contributed by atoms with Crippen LogP contribution in [-0.4, -0.2) is 88.3 Å². The second-order valence-electron chi connectivity index (χ2n) is 13.3. The molecule has 2 aromatic carbocycles. The number of aliphatic hydroxyl groups is 2. The maximum atomic E-state index is 12.6. The van der Waals surface area contributed by atoms with Crippen LogP contribution in [0.3, 0.4) is 0 Å². The fraction of sp³-hybridized carbons (Fsp3) is 0.513. The SMILES string of the molecule is CCCCCCN(CCCCC(O)CO)CCNC(=O)CCc1ccc(-c2ccc(CCCCNC(=N)NC(=O)c3nc(Cl)c(N)nc3N)cc2)cc1. The molecular formula is C39H58ClN9O4. The molecule has 3 rings (SSSR count). The van der Waals surface area contributed by atoms with Crippen molar-refractivity contribution in [3.63, 3.8) is 0 Å². The Morgan fingerprint density at radius 3 is 2.09 bits per heavy atom. The molecule has 290 valence electrons. The Hall–Kier alpha value is -4.30. The summed E-state index contributed by atoms with van der Waals surface area (Å²) >= 11 is 5.83. The van der Waals surface area contributed by atoms with Gasteiger partial charge in [0.25, 0.3) is 5.91 Å². The molecule has 53 heavy (non-hydrogen) atoms. The topological polar surface area (TPSA) is 216 Å². The van der Waals surface area contributed by atoms with Gasteiger partial charge >= 0.3 is 0 Å². The summed E-state index contributed by atoms with van der Waals surface area (Å²) in [5.74, 6) is -1.05. The first-order valence-electron chi connectivity index (χ1n) is 18.8. The minimum Gasteiger partial charge on any atom is -0.394 e. The molecule has 1 aromatic heterocycles. The molecule has 3 aromatic rings. The number of halogens is 1. The Kier molecular flexibility index (Phi) is 19.6. The first kappa shape index (κ1) is 43.1. The predicted molar refractivity (Wildman–Crippen MR) is 213 cm³/mol. The zero-order valence-corrected chi connectivity index (χ0v) is 31.8. The van der Waals surface area contributed by atoms with Gasteiger partial charge in [0.15, 0.2) is 28.4 Å². The van der Waals surface area contributed by atoms with Gasteiger partial charge in [-0.3, -0.25) is 20.3 Å². The van der Waals surface area contributed by atoms with Crippen LogP contribution in [-0.2, 0) is 17.6 Å². The summed E-state index contributed by atoms with van der Waals surface area (Å²) in [6, 6.07) is 16.8. The summed E-state index contributed by atoms with van der Waals surface area (Å²) in [6.45, 7) is 5.91. The molecule has 0 saturated carbocycles. The third kappa shape index (κ3) is 16.5. The van der Waals surface area contributed by atoms with Crippen LogP contribution in [0.4, 0.5) is 11.6 Å². The molecular weight excluding hydrogens is 694 g/mol. The van der Waals surface area contributed by atoms with E-state index in [2.05, 4.69) is 86.3 Å². The lowest BCUT2D eigenvalue weighted by Gasteiger charge is -2.23. The second-order valence-corrected chi connectivity index (χ2v) is 13.7. The molecule has 0 bridgehead atoms. The fourth-order valence-electron chi connectivity index (χ4n) is 5.82. The molecule has 2 amide bonds. The number of carbonyl (C=O) groups is 2. The van der Waals surface area contributed by atoms with Crippen molar-refractivity contribution in [2.75, 3.05) is 50.8 Å². The highest BCUT2D eigenvalue weighted by molar-refractivity contribution is 6.31. The summed E-state index contributed by atoms with van der Waals surface area (Å²) in [4.78, 5) is 35.0. The Bertz CT molecular complexity index is 1560. The highest BCUT2D eigenvalue weighted by Gasteiger charge is 2.17. The van der Waals surface area contributed by atoms with Crippen LogP contribution >= 0.6 is 11.6 Å². The number of unbranched alkanes of at least 4 members (excludes halogenated alkanes) is 5. The van der Waals surface area contributed by atoms with Gasteiger partial charge in [-0.2, -0.15) is 0 Å². The quantitative estimate of drug-likeness (QED) is 0.0359. The highest BCUT2D eigenvalue weighted by atomic mass is 35.5.